The molecule has 0 amide bonds. The molecule has 1 aliphatic heterocycles. The lowest BCUT2D eigenvalue weighted by molar-refractivity contribution is -0.139. The first-order valence-corrected chi connectivity index (χ1v) is 14.4. The zero-order valence-electron chi connectivity index (χ0n) is 22.6. The molecule has 3 aromatic rings. The first kappa shape index (κ1) is 28.6. The van der Waals surface area contributed by atoms with Gasteiger partial charge in [0.15, 0.2) is 16.3 Å². The summed E-state index contributed by atoms with van der Waals surface area (Å²) in [6, 6.07) is 10.4. The van der Waals surface area contributed by atoms with Crippen molar-refractivity contribution in [1.29, 1.82) is 0 Å². The summed E-state index contributed by atoms with van der Waals surface area (Å²) in [4.78, 5) is 32.2. The van der Waals surface area contributed by atoms with Crippen molar-refractivity contribution in [1.82, 2.24) is 4.57 Å². The highest BCUT2D eigenvalue weighted by molar-refractivity contribution is 9.10. The van der Waals surface area contributed by atoms with E-state index in [1.165, 1.54) is 11.3 Å². The number of benzene rings is 2. The number of thiazole rings is 1. The topological polar surface area (TPSA) is 88.3 Å². The fourth-order valence-corrected chi connectivity index (χ4v) is 5.89. The molecule has 1 aromatic heterocycles. The molecular weight excluding hydrogens is 584 g/mol. The summed E-state index contributed by atoms with van der Waals surface area (Å²) in [5.41, 5.74) is 2.02. The Kier molecular flexibility index (Phi) is 9.29. The van der Waals surface area contributed by atoms with Gasteiger partial charge in [0.1, 0.15) is 5.75 Å². The van der Waals surface area contributed by atoms with E-state index >= 15 is 0 Å². The molecule has 2 heterocycles. The fourth-order valence-electron chi connectivity index (χ4n) is 4.31. The molecule has 39 heavy (non-hydrogen) atoms. The zero-order chi connectivity index (χ0) is 28.1. The molecule has 0 N–H and O–H groups in total. The van der Waals surface area contributed by atoms with Crippen LogP contribution in [-0.4, -0.2) is 37.5 Å². The van der Waals surface area contributed by atoms with Crippen molar-refractivity contribution < 1.29 is 23.7 Å². The number of rotatable bonds is 10. The normalized spacial score (nSPS) is 15.0. The van der Waals surface area contributed by atoms with Gasteiger partial charge in [0.05, 0.1) is 48.8 Å². The number of hydrogen-bond donors (Lipinski definition) is 0. The van der Waals surface area contributed by atoms with Crippen LogP contribution in [0.5, 0.6) is 17.2 Å². The highest BCUT2D eigenvalue weighted by Crippen LogP contribution is 2.41. The number of allylic oxidation sites excluding steroid dienone is 1. The van der Waals surface area contributed by atoms with Crippen LogP contribution in [0.25, 0.3) is 6.08 Å². The minimum atomic E-state index is -0.786. The van der Waals surface area contributed by atoms with Gasteiger partial charge in [0.2, 0.25) is 0 Å². The van der Waals surface area contributed by atoms with Crippen LogP contribution in [0.1, 0.15) is 51.3 Å². The van der Waals surface area contributed by atoms with Gasteiger partial charge in [-0.1, -0.05) is 46.3 Å². The molecular formula is C29H31BrN2O6S. The molecule has 0 saturated heterocycles. The zero-order valence-corrected chi connectivity index (χ0v) is 25.0. The number of aromatic nitrogens is 1. The molecule has 0 aliphatic carbocycles. The van der Waals surface area contributed by atoms with Crippen LogP contribution in [0.3, 0.4) is 0 Å². The summed E-state index contributed by atoms with van der Waals surface area (Å²) in [6.45, 7) is 8.73. The quantitative estimate of drug-likeness (QED) is 0.306. The number of esters is 1. The van der Waals surface area contributed by atoms with Crippen molar-refractivity contribution in [2.24, 2.45) is 4.99 Å². The minimum absolute atomic E-state index is 0.193. The van der Waals surface area contributed by atoms with Crippen LogP contribution in [0.2, 0.25) is 0 Å². The van der Waals surface area contributed by atoms with E-state index in [0.29, 0.717) is 55.4 Å². The Morgan fingerprint density at radius 2 is 1.85 bits per heavy atom. The lowest BCUT2D eigenvalue weighted by Gasteiger charge is -2.26. The van der Waals surface area contributed by atoms with E-state index in [1.807, 2.05) is 37.3 Å². The van der Waals surface area contributed by atoms with E-state index in [2.05, 4.69) is 27.8 Å². The second-order valence-corrected chi connectivity index (χ2v) is 10.5. The summed E-state index contributed by atoms with van der Waals surface area (Å²) in [7, 11) is 1.55. The van der Waals surface area contributed by atoms with Crippen LogP contribution in [-0.2, 0) is 9.53 Å². The maximum Gasteiger partial charge on any atom is 0.338 e. The van der Waals surface area contributed by atoms with Gasteiger partial charge in [0, 0.05) is 4.47 Å². The lowest BCUT2D eigenvalue weighted by atomic mass is 9.95. The number of carbonyl (C=O) groups excluding carboxylic acids is 1. The Labute approximate surface area is 239 Å². The Balaban J connectivity index is 1.90. The second kappa shape index (κ2) is 12.7. The lowest BCUT2D eigenvalue weighted by Crippen LogP contribution is -2.40. The van der Waals surface area contributed by atoms with Gasteiger partial charge < -0.3 is 18.9 Å². The van der Waals surface area contributed by atoms with Crippen molar-refractivity contribution in [3.63, 3.8) is 0 Å². The maximum absolute atomic E-state index is 13.9. The van der Waals surface area contributed by atoms with Crippen LogP contribution in [0, 0.1) is 0 Å². The van der Waals surface area contributed by atoms with E-state index in [1.54, 1.807) is 37.7 Å². The Hall–Kier alpha value is -3.37. The van der Waals surface area contributed by atoms with Gasteiger partial charge in [-0.2, -0.15) is 0 Å². The van der Waals surface area contributed by atoms with E-state index in [-0.39, 0.29) is 12.2 Å². The van der Waals surface area contributed by atoms with Crippen molar-refractivity contribution in [3.05, 3.63) is 83.0 Å². The molecule has 0 bridgehead atoms. The minimum Gasteiger partial charge on any atom is -0.494 e. The molecule has 1 aliphatic rings. The van der Waals surface area contributed by atoms with Gasteiger partial charge in [-0.25, -0.2) is 9.79 Å². The number of ether oxygens (including phenoxy) is 4. The molecule has 0 fully saturated rings. The Bertz CT molecular complexity index is 1570. The summed E-state index contributed by atoms with van der Waals surface area (Å²) in [5.74, 6) is 1.29. The smallest absolute Gasteiger partial charge is 0.338 e. The molecule has 4 rings (SSSR count). The number of nitrogens with zero attached hydrogens (tertiary/aromatic N) is 2. The molecule has 206 valence electrons. The molecule has 0 unspecified atom stereocenters. The number of halogens is 1. The van der Waals surface area contributed by atoms with E-state index in [0.717, 1.165) is 17.7 Å². The van der Waals surface area contributed by atoms with E-state index < -0.39 is 12.0 Å². The van der Waals surface area contributed by atoms with Crippen molar-refractivity contribution in [2.75, 3.05) is 26.9 Å². The molecule has 0 spiro atoms. The molecule has 1 atom stereocenters. The van der Waals surface area contributed by atoms with Crippen LogP contribution in [0.15, 0.2) is 61.9 Å². The predicted octanol–water partition coefficient (Wildman–Crippen LogP) is 4.76. The molecule has 8 nitrogen and oxygen atoms in total. The number of carbonyl (C=O) groups is 1. The third-order valence-corrected chi connectivity index (χ3v) is 7.71. The summed E-state index contributed by atoms with van der Waals surface area (Å²) >= 11 is 4.91. The van der Waals surface area contributed by atoms with Crippen LogP contribution >= 0.6 is 27.3 Å². The van der Waals surface area contributed by atoms with Gasteiger partial charge in [-0.15, -0.1) is 0 Å². The summed E-state index contributed by atoms with van der Waals surface area (Å²) in [5, 5.41) is 0. The number of fused-ring (bicyclic) bond motifs is 1. The van der Waals surface area contributed by atoms with Gasteiger partial charge in [0.25, 0.3) is 5.56 Å². The van der Waals surface area contributed by atoms with Crippen LogP contribution in [0.4, 0.5) is 0 Å². The van der Waals surface area contributed by atoms with Gasteiger partial charge >= 0.3 is 5.97 Å². The summed E-state index contributed by atoms with van der Waals surface area (Å²) < 4.78 is 25.1. The van der Waals surface area contributed by atoms with Crippen molar-refractivity contribution in [3.8, 4) is 17.2 Å². The Morgan fingerprint density at radius 3 is 2.49 bits per heavy atom. The van der Waals surface area contributed by atoms with Crippen LogP contribution < -0.4 is 29.1 Å². The standard InChI is InChI=1S/C29H31BrN2O6S/c1-6-13-38-19-11-9-18(10-12-19)14-24-27(33)32-26(20-15-22(35-5)23(36-7-2)16-21(20)30)25(28(34)37-8-3)17(4)31-29(32)39-24/h9-12,14-16,26H,6-8,13H2,1-5H3/b24-14-/t26-/m1/s1. The van der Waals surface area contributed by atoms with Gasteiger partial charge in [-0.05, 0) is 68.7 Å². The van der Waals surface area contributed by atoms with Crippen molar-refractivity contribution >= 4 is 39.3 Å². The van der Waals surface area contributed by atoms with E-state index in [4.69, 9.17) is 18.9 Å². The second-order valence-electron chi connectivity index (χ2n) is 8.68. The van der Waals surface area contributed by atoms with Crippen molar-refractivity contribution in [2.45, 2.75) is 40.2 Å². The Morgan fingerprint density at radius 1 is 1.10 bits per heavy atom. The third kappa shape index (κ3) is 5.96. The predicted molar refractivity (Wildman–Crippen MR) is 154 cm³/mol. The highest BCUT2D eigenvalue weighted by atomic mass is 79.9. The molecule has 0 saturated carbocycles. The third-order valence-electron chi connectivity index (χ3n) is 6.05. The highest BCUT2D eigenvalue weighted by Gasteiger charge is 2.35. The molecule has 2 aromatic carbocycles. The number of methoxy groups -OCH3 is 1. The maximum atomic E-state index is 13.9. The SMILES string of the molecule is CCCOc1ccc(/C=c2\sc3n(c2=O)[C@H](c2cc(OC)c(OCC)cc2Br)C(C(=O)OCC)=C(C)N=3)cc1. The molecule has 10 heteroatoms. The summed E-state index contributed by atoms with van der Waals surface area (Å²) in [6.07, 6.45) is 2.75. The van der Waals surface area contributed by atoms with Gasteiger partial charge in [-0.3, -0.25) is 9.36 Å². The number of hydrogen-bond acceptors (Lipinski definition) is 8. The fraction of sp³-hybridized carbons (Fsp3) is 0.345. The largest absolute Gasteiger partial charge is 0.494 e. The molecule has 0 radical (unpaired) electrons. The average Bonchev–Trinajstić information content (AvgIpc) is 3.22. The first-order valence-electron chi connectivity index (χ1n) is 12.8. The monoisotopic (exact) mass is 614 g/mol. The first-order chi connectivity index (χ1) is 18.8. The average molecular weight is 616 g/mol. The van der Waals surface area contributed by atoms with E-state index in [9.17, 15) is 9.59 Å².